The highest BCUT2D eigenvalue weighted by Gasteiger charge is 2.23. The molecule has 0 saturated heterocycles. The largest absolute Gasteiger partial charge is 0.469 e. The monoisotopic (exact) mass is 674 g/mol. The molecule has 262 valence electrons. The first-order valence-corrected chi connectivity index (χ1v) is 14.3. The third-order valence-corrected chi connectivity index (χ3v) is 6.61. The van der Waals surface area contributed by atoms with Gasteiger partial charge in [-0.2, -0.15) is 0 Å². The minimum atomic E-state index is -1.24. The van der Waals surface area contributed by atoms with Crippen LogP contribution in [0.5, 0.6) is 0 Å². The normalized spacial score (nSPS) is 11.4. The fourth-order valence-corrected chi connectivity index (χ4v) is 4.14. The van der Waals surface area contributed by atoms with Crippen molar-refractivity contribution in [3.63, 3.8) is 0 Å². The van der Waals surface area contributed by atoms with E-state index in [1.165, 1.54) is 13.8 Å². The molecule has 3 N–H and O–H groups in total. The summed E-state index contributed by atoms with van der Waals surface area (Å²) < 4.78 is 18.0. The summed E-state index contributed by atoms with van der Waals surface area (Å²) in [7, 11) is 1.09. The Morgan fingerprint density at radius 2 is 0.894 bits per heavy atom. The zero-order valence-corrected chi connectivity index (χ0v) is 26.1. The maximum absolute atomic E-state index is 13.1. The number of aliphatic hydroxyl groups excluding tert-OH is 3. The molecule has 0 spiro atoms. The Balaban J connectivity index is 2.29. The van der Waals surface area contributed by atoms with Gasteiger partial charge in [0.25, 0.3) is 0 Å². The van der Waals surface area contributed by atoms with E-state index in [0.717, 1.165) is 7.11 Å². The number of aliphatic hydroxyl groups is 3. The van der Waals surface area contributed by atoms with Crippen LogP contribution < -0.4 is 34.1 Å². The standard InChI is InChI=1S/C26H38N6O15/c1-26(2,16-35)47-19(38)6-9-29-21(40)27(7-4-17(36)45-3)20(39)28(22(29)41)8-5-18(37)46-15-12-32-24(43)30(10-13-33)23(42)31(11-14-34)25(32)44/h33-35H,4-16H2,1-3H3. The number of esters is 3. The molecule has 21 heteroatoms. The highest BCUT2D eigenvalue weighted by molar-refractivity contribution is 5.70. The van der Waals surface area contributed by atoms with Crippen LogP contribution in [0.15, 0.2) is 28.8 Å². The van der Waals surface area contributed by atoms with Gasteiger partial charge in [-0.1, -0.05) is 0 Å². The van der Waals surface area contributed by atoms with Crippen molar-refractivity contribution in [2.45, 2.75) is 78.0 Å². The van der Waals surface area contributed by atoms with Gasteiger partial charge in [0, 0.05) is 19.6 Å². The van der Waals surface area contributed by atoms with Gasteiger partial charge in [0.1, 0.15) is 12.2 Å². The van der Waals surface area contributed by atoms with Crippen molar-refractivity contribution in [3.8, 4) is 0 Å². The average Bonchev–Trinajstić information content (AvgIpc) is 3.02. The fourth-order valence-electron chi connectivity index (χ4n) is 4.14. The number of aromatic nitrogens is 6. The van der Waals surface area contributed by atoms with Gasteiger partial charge in [0.15, 0.2) is 0 Å². The predicted octanol–water partition coefficient (Wildman–Crippen LogP) is -5.46. The second kappa shape index (κ2) is 17.1. The molecule has 2 rings (SSSR count). The number of hydrogen-bond acceptors (Lipinski definition) is 15. The molecule has 0 atom stereocenters. The Morgan fingerprint density at radius 1 is 0.553 bits per heavy atom. The van der Waals surface area contributed by atoms with Crippen LogP contribution in [0.3, 0.4) is 0 Å². The molecule has 0 fully saturated rings. The SMILES string of the molecule is COC(=O)CCn1c(=O)n(CCC(=O)OCCn2c(=O)n(CCO)c(=O)n(CCO)c2=O)c(=O)n(CCC(=O)OC(C)(C)CO)c1=O. The Morgan fingerprint density at radius 3 is 1.26 bits per heavy atom. The van der Waals surface area contributed by atoms with Gasteiger partial charge in [0.05, 0.1) is 65.8 Å². The van der Waals surface area contributed by atoms with Gasteiger partial charge in [-0.25, -0.2) is 56.2 Å². The molecule has 2 aromatic rings. The van der Waals surface area contributed by atoms with Crippen LogP contribution in [0, 0.1) is 0 Å². The summed E-state index contributed by atoms with van der Waals surface area (Å²) in [5, 5.41) is 27.7. The van der Waals surface area contributed by atoms with E-state index >= 15 is 0 Å². The Labute approximate surface area is 264 Å². The van der Waals surface area contributed by atoms with Crippen LogP contribution in [-0.4, -0.2) is 99.8 Å². The highest BCUT2D eigenvalue weighted by atomic mass is 16.6. The molecule has 21 nitrogen and oxygen atoms in total. The van der Waals surface area contributed by atoms with Crippen LogP contribution in [0.4, 0.5) is 0 Å². The molecule has 2 aromatic heterocycles. The summed E-state index contributed by atoms with van der Waals surface area (Å²) in [6, 6.07) is 0. The highest BCUT2D eigenvalue weighted by Crippen LogP contribution is 2.09. The quantitative estimate of drug-likeness (QED) is 0.0983. The summed E-state index contributed by atoms with van der Waals surface area (Å²) in [5.74, 6) is -2.64. The fraction of sp³-hybridized carbons (Fsp3) is 0.654. The molecule has 0 bridgehead atoms. The Kier molecular flexibility index (Phi) is 14.0. The first kappa shape index (κ1) is 38.3. The average molecular weight is 675 g/mol. The smallest absolute Gasteiger partial charge is 0.336 e. The zero-order valence-electron chi connectivity index (χ0n) is 26.1. The summed E-state index contributed by atoms with van der Waals surface area (Å²) >= 11 is 0. The number of carbonyl (C=O) groups excluding carboxylic acids is 3. The molecule has 0 aliphatic rings. The molecule has 0 unspecified atom stereocenters. The Hall–Kier alpha value is -4.89. The number of ether oxygens (including phenoxy) is 3. The molecule has 0 amide bonds. The van der Waals surface area contributed by atoms with E-state index in [0.29, 0.717) is 27.4 Å². The van der Waals surface area contributed by atoms with Crippen molar-refractivity contribution in [1.82, 2.24) is 27.4 Å². The van der Waals surface area contributed by atoms with Crippen LogP contribution in [0.25, 0.3) is 0 Å². The first-order valence-electron chi connectivity index (χ1n) is 14.3. The third-order valence-electron chi connectivity index (χ3n) is 6.61. The lowest BCUT2D eigenvalue weighted by Crippen LogP contribution is -2.55. The van der Waals surface area contributed by atoms with Crippen LogP contribution in [-0.2, 0) is 67.9 Å². The lowest BCUT2D eigenvalue weighted by atomic mass is 10.1. The second-order valence-electron chi connectivity index (χ2n) is 10.5. The lowest BCUT2D eigenvalue weighted by Gasteiger charge is -2.22. The van der Waals surface area contributed by atoms with Gasteiger partial charge >= 0.3 is 52.0 Å². The molecule has 2 heterocycles. The topological polar surface area (TPSA) is 272 Å². The van der Waals surface area contributed by atoms with E-state index in [2.05, 4.69) is 4.74 Å². The predicted molar refractivity (Wildman–Crippen MR) is 157 cm³/mol. The molecular weight excluding hydrogens is 636 g/mol. The van der Waals surface area contributed by atoms with Crippen molar-refractivity contribution in [2.75, 3.05) is 33.5 Å². The van der Waals surface area contributed by atoms with Gasteiger partial charge in [-0.3, -0.25) is 14.4 Å². The van der Waals surface area contributed by atoms with Crippen LogP contribution in [0.1, 0.15) is 33.1 Å². The van der Waals surface area contributed by atoms with Gasteiger partial charge < -0.3 is 29.5 Å². The molecule has 0 aromatic carbocycles. The van der Waals surface area contributed by atoms with Crippen molar-refractivity contribution < 1.29 is 43.9 Å². The lowest BCUT2D eigenvalue weighted by molar-refractivity contribution is -0.160. The molecule has 0 aliphatic heterocycles. The van der Waals surface area contributed by atoms with Gasteiger partial charge in [0.2, 0.25) is 0 Å². The molecule has 0 radical (unpaired) electrons. The maximum atomic E-state index is 13.1. The van der Waals surface area contributed by atoms with E-state index in [-0.39, 0.29) is 0 Å². The Bertz CT molecular complexity index is 1760. The van der Waals surface area contributed by atoms with Crippen molar-refractivity contribution in [2.24, 2.45) is 0 Å². The van der Waals surface area contributed by atoms with Crippen molar-refractivity contribution >= 4 is 17.9 Å². The summed E-state index contributed by atoms with van der Waals surface area (Å²) in [4.78, 5) is 113. The number of hydrogen-bond donors (Lipinski definition) is 3. The van der Waals surface area contributed by atoms with E-state index in [1.54, 1.807) is 0 Å². The van der Waals surface area contributed by atoms with Crippen LogP contribution in [0.2, 0.25) is 0 Å². The zero-order chi connectivity index (χ0) is 35.5. The van der Waals surface area contributed by atoms with Crippen molar-refractivity contribution in [3.05, 3.63) is 62.9 Å². The summed E-state index contributed by atoms with van der Waals surface area (Å²) in [5.41, 5.74) is -7.97. The van der Waals surface area contributed by atoms with Crippen molar-refractivity contribution in [1.29, 1.82) is 0 Å². The minimum Gasteiger partial charge on any atom is -0.469 e. The minimum absolute atomic E-state index is 0.427. The van der Waals surface area contributed by atoms with Gasteiger partial charge in [-0.15, -0.1) is 0 Å². The second-order valence-corrected chi connectivity index (χ2v) is 10.5. The van der Waals surface area contributed by atoms with E-state index in [1.807, 2.05) is 0 Å². The van der Waals surface area contributed by atoms with Gasteiger partial charge in [-0.05, 0) is 13.8 Å². The summed E-state index contributed by atoms with van der Waals surface area (Å²) in [6.07, 6.45) is -1.56. The molecular formula is C26H38N6O15. The maximum Gasteiger partial charge on any atom is 0.336 e. The summed E-state index contributed by atoms with van der Waals surface area (Å²) in [6.45, 7) is -2.54. The van der Waals surface area contributed by atoms with Crippen LogP contribution >= 0.6 is 0 Å². The number of nitrogens with zero attached hydrogens (tertiary/aromatic N) is 6. The third kappa shape index (κ3) is 9.80. The molecule has 0 aliphatic carbocycles. The molecule has 47 heavy (non-hydrogen) atoms. The number of rotatable bonds is 18. The van der Waals surface area contributed by atoms with E-state index in [9.17, 15) is 58.5 Å². The molecule has 0 saturated carbocycles. The first-order chi connectivity index (χ1) is 22.1. The van der Waals surface area contributed by atoms with E-state index in [4.69, 9.17) is 9.47 Å². The number of carbonyl (C=O) groups is 3. The van der Waals surface area contributed by atoms with E-state index < -0.39 is 143 Å². The number of methoxy groups -OCH3 is 1.